The monoisotopic (exact) mass is 365 g/mol. The molecular weight excluding hydrogens is 346 g/mol. The van der Waals surface area contributed by atoms with E-state index in [4.69, 9.17) is 0 Å². The largest absolute Gasteiger partial charge is 0.306 e. The van der Waals surface area contributed by atoms with Crippen LogP contribution in [0.2, 0.25) is 0 Å². The summed E-state index contributed by atoms with van der Waals surface area (Å²) >= 11 is 0. The molecule has 1 aliphatic heterocycles. The molecule has 132 valence electrons. The van der Waals surface area contributed by atoms with Gasteiger partial charge in [0.15, 0.2) is 0 Å². The van der Waals surface area contributed by atoms with E-state index in [-0.39, 0.29) is 5.91 Å². The zero-order valence-corrected chi connectivity index (χ0v) is 15.5. The zero-order chi connectivity index (χ0) is 18.3. The van der Waals surface area contributed by atoms with Gasteiger partial charge in [-0.3, -0.25) is 9.00 Å². The molecule has 1 N–H and O–H groups in total. The molecule has 0 aliphatic carbocycles. The van der Waals surface area contributed by atoms with Crippen LogP contribution in [0.5, 0.6) is 0 Å². The van der Waals surface area contributed by atoms with Crippen molar-refractivity contribution >= 4 is 22.5 Å². The lowest BCUT2D eigenvalue weighted by Crippen LogP contribution is -2.16. The molecule has 2 aromatic carbocycles. The number of carbonyl (C=O) groups is 1. The summed E-state index contributed by atoms with van der Waals surface area (Å²) in [5.74, 6) is 1.27. The van der Waals surface area contributed by atoms with Crippen LogP contribution in [0.3, 0.4) is 0 Å². The van der Waals surface area contributed by atoms with Gasteiger partial charge in [-0.2, -0.15) is 5.10 Å². The number of carbonyl (C=O) groups excluding carboxylic acids is 1. The Bertz CT molecular complexity index is 1020. The average molecular weight is 365 g/mol. The third-order valence-electron chi connectivity index (χ3n) is 4.46. The smallest absolute Gasteiger partial charge is 0.256 e. The summed E-state index contributed by atoms with van der Waals surface area (Å²) in [7, 11) is -0.957. The van der Waals surface area contributed by atoms with E-state index in [0.717, 1.165) is 28.1 Å². The van der Waals surface area contributed by atoms with Gasteiger partial charge in [-0.05, 0) is 38.1 Å². The van der Waals surface area contributed by atoms with Crippen molar-refractivity contribution in [2.75, 3.05) is 5.32 Å². The SMILES string of the molecule is Cc1ccc(-n2nc3c(c2NC(=O)c2cccc(C)c2)CS(=O)C3)cc1. The summed E-state index contributed by atoms with van der Waals surface area (Å²) < 4.78 is 13.7. The summed E-state index contributed by atoms with van der Waals surface area (Å²) in [4.78, 5) is 12.8. The molecule has 2 heterocycles. The van der Waals surface area contributed by atoms with Gasteiger partial charge in [0, 0.05) is 21.9 Å². The number of hydrogen-bond acceptors (Lipinski definition) is 3. The van der Waals surface area contributed by atoms with Crippen molar-refractivity contribution in [3.05, 3.63) is 76.5 Å². The van der Waals surface area contributed by atoms with Crippen LogP contribution in [0.25, 0.3) is 5.69 Å². The maximum absolute atomic E-state index is 12.8. The maximum Gasteiger partial charge on any atom is 0.256 e. The highest BCUT2D eigenvalue weighted by molar-refractivity contribution is 7.83. The van der Waals surface area contributed by atoms with E-state index >= 15 is 0 Å². The average Bonchev–Trinajstić information content (AvgIpc) is 3.13. The molecule has 1 aromatic heterocycles. The minimum Gasteiger partial charge on any atom is -0.306 e. The van der Waals surface area contributed by atoms with Crippen molar-refractivity contribution in [1.82, 2.24) is 9.78 Å². The van der Waals surface area contributed by atoms with Gasteiger partial charge in [-0.25, -0.2) is 4.68 Å². The van der Waals surface area contributed by atoms with Gasteiger partial charge in [0.05, 0.1) is 22.9 Å². The summed E-state index contributed by atoms with van der Waals surface area (Å²) in [5, 5.41) is 7.61. The molecule has 0 spiro atoms. The van der Waals surface area contributed by atoms with Crippen molar-refractivity contribution in [2.24, 2.45) is 0 Å². The first kappa shape index (κ1) is 16.7. The molecule has 26 heavy (non-hydrogen) atoms. The molecule has 0 saturated carbocycles. The second kappa shape index (κ2) is 6.53. The van der Waals surface area contributed by atoms with Crippen molar-refractivity contribution in [3.8, 4) is 5.69 Å². The zero-order valence-electron chi connectivity index (χ0n) is 14.7. The number of benzene rings is 2. The Morgan fingerprint density at radius 1 is 1.08 bits per heavy atom. The molecule has 0 radical (unpaired) electrons. The van der Waals surface area contributed by atoms with Gasteiger partial charge in [-0.1, -0.05) is 35.4 Å². The van der Waals surface area contributed by atoms with Gasteiger partial charge in [-0.15, -0.1) is 0 Å². The van der Waals surface area contributed by atoms with Crippen LogP contribution < -0.4 is 5.32 Å². The van der Waals surface area contributed by atoms with Crippen LogP contribution in [0.1, 0.15) is 32.7 Å². The highest BCUT2D eigenvalue weighted by Crippen LogP contribution is 2.31. The van der Waals surface area contributed by atoms with E-state index in [1.165, 1.54) is 0 Å². The molecule has 1 unspecified atom stereocenters. The summed E-state index contributed by atoms with van der Waals surface area (Å²) in [6, 6.07) is 15.4. The van der Waals surface area contributed by atoms with Crippen LogP contribution >= 0.6 is 0 Å². The van der Waals surface area contributed by atoms with Crippen LogP contribution in [0, 0.1) is 13.8 Å². The number of hydrogen-bond donors (Lipinski definition) is 1. The van der Waals surface area contributed by atoms with E-state index < -0.39 is 10.8 Å². The minimum atomic E-state index is -0.957. The number of aryl methyl sites for hydroxylation is 2. The number of nitrogens with one attached hydrogen (secondary N) is 1. The van der Waals surface area contributed by atoms with E-state index in [1.54, 1.807) is 10.7 Å². The molecule has 3 aromatic rings. The summed E-state index contributed by atoms with van der Waals surface area (Å²) in [6.45, 7) is 3.98. The fraction of sp³-hybridized carbons (Fsp3) is 0.200. The molecule has 0 fully saturated rings. The third-order valence-corrected chi connectivity index (χ3v) is 5.67. The Morgan fingerprint density at radius 2 is 1.85 bits per heavy atom. The van der Waals surface area contributed by atoms with Crippen LogP contribution in [0.4, 0.5) is 5.82 Å². The van der Waals surface area contributed by atoms with E-state index in [0.29, 0.717) is 22.9 Å². The predicted molar refractivity (Wildman–Crippen MR) is 103 cm³/mol. The molecule has 1 atom stereocenters. The Balaban J connectivity index is 1.75. The first-order valence-electron chi connectivity index (χ1n) is 8.42. The Labute approximate surface area is 154 Å². The lowest BCUT2D eigenvalue weighted by molar-refractivity contribution is 0.102. The lowest BCUT2D eigenvalue weighted by Gasteiger charge is -2.11. The Morgan fingerprint density at radius 3 is 2.58 bits per heavy atom. The summed E-state index contributed by atoms with van der Waals surface area (Å²) in [5.41, 5.74) is 5.30. The van der Waals surface area contributed by atoms with Gasteiger partial charge in [0.1, 0.15) is 5.82 Å². The van der Waals surface area contributed by atoms with Crippen molar-refractivity contribution in [3.63, 3.8) is 0 Å². The number of fused-ring (bicyclic) bond motifs is 1. The predicted octanol–water partition coefficient (Wildman–Crippen LogP) is 3.50. The van der Waals surface area contributed by atoms with E-state index in [9.17, 15) is 9.00 Å². The number of rotatable bonds is 3. The molecule has 6 heteroatoms. The highest BCUT2D eigenvalue weighted by atomic mass is 32.2. The second-order valence-electron chi connectivity index (χ2n) is 6.57. The quantitative estimate of drug-likeness (QED) is 0.773. The fourth-order valence-corrected chi connectivity index (χ4v) is 4.36. The van der Waals surface area contributed by atoms with Gasteiger partial charge >= 0.3 is 0 Å². The first-order chi connectivity index (χ1) is 12.5. The number of amides is 1. The van der Waals surface area contributed by atoms with Gasteiger partial charge in [0.2, 0.25) is 0 Å². The van der Waals surface area contributed by atoms with Crippen LogP contribution in [0.15, 0.2) is 48.5 Å². The second-order valence-corrected chi connectivity index (χ2v) is 8.03. The molecule has 5 nitrogen and oxygen atoms in total. The third kappa shape index (κ3) is 3.08. The van der Waals surface area contributed by atoms with Crippen molar-refractivity contribution in [1.29, 1.82) is 0 Å². The van der Waals surface area contributed by atoms with Gasteiger partial charge < -0.3 is 5.32 Å². The van der Waals surface area contributed by atoms with Gasteiger partial charge in [0.25, 0.3) is 5.91 Å². The minimum absolute atomic E-state index is 0.192. The van der Waals surface area contributed by atoms with Crippen LogP contribution in [-0.4, -0.2) is 19.9 Å². The maximum atomic E-state index is 12.8. The molecule has 0 saturated heterocycles. The number of aromatic nitrogens is 2. The van der Waals surface area contributed by atoms with Crippen molar-refractivity contribution < 1.29 is 9.00 Å². The highest BCUT2D eigenvalue weighted by Gasteiger charge is 2.28. The van der Waals surface area contributed by atoms with E-state index in [2.05, 4.69) is 10.4 Å². The summed E-state index contributed by atoms with van der Waals surface area (Å²) in [6.07, 6.45) is 0. The molecule has 0 bridgehead atoms. The van der Waals surface area contributed by atoms with Crippen LogP contribution in [-0.2, 0) is 22.3 Å². The Hall–Kier alpha value is -2.73. The fourth-order valence-electron chi connectivity index (χ4n) is 3.09. The lowest BCUT2D eigenvalue weighted by atomic mass is 10.1. The Kier molecular flexibility index (Phi) is 4.20. The number of anilines is 1. The standard InChI is InChI=1S/C20H19N3O2S/c1-13-6-8-16(9-7-13)23-19(17-11-26(25)12-18(17)22-23)21-20(24)15-5-3-4-14(2)10-15/h3-10H,11-12H2,1-2H3,(H,21,24). The molecular formula is C20H19N3O2S. The topological polar surface area (TPSA) is 64.0 Å². The molecule has 1 amide bonds. The van der Waals surface area contributed by atoms with E-state index in [1.807, 2.05) is 56.3 Å². The first-order valence-corrected chi connectivity index (χ1v) is 9.91. The van der Waals surface area contributed by atoms with Crippen molar-refractivity contribution in [2.45, 2.75) is 25.4 Å². The molecule has 1 aliphatic rings. The normalized spacial score (nSPS) is 15.7. The molecule has 4 rings (SSSR count). The number of nitrogens with zero attached hydrogens (tertiary/aromatic N) is 2.